The number of phosphoric acid groups is 2. The average molecular weight is 1330 g/mol. The Morgan fingerprint density at radius 2 is 0.533 bits per heavy atom. The fraction of sp³-hybridized carbons (Fsp3) is 0.944. The van der Waals surface area contributed by atoms with Crippen LogP contribution in [0.1, 0.15) is 351 Å². The van der Waals surface area contributed by atoms with E-state index in [4.69, 9.17) is 37.0 Å². The largest absolute Gasteiger partial charge is 0.472 e. The van der Waals surface area contributed by atoms with Crippen molar-refractivity contribution >= 4 is 39.5 Å². The van der Waals surface area contributed by atoms with Crippen LogP contribution in [0.2, 0.25) is 0 Å². The molecule has 0 aliphatic carbocycles. The second-order valence-corrected chi connectivity index (χ2v) is 30.2. The van der Waals surface area contributed by atoms with Gasteiger partial charge in [-0.25, -0.2) is 9.13 Å². The maximum Gasteiger partial charge on any atom is 0.472 e. The summed E-state index contributed by atoms with van der Waals surface area (Å²) in [5, 5.41) is 10.6. The number of rotatable bonds is 68. The molecule has 90 heavy (non-hydrogen) atoms. The van der Waals surface area contributed by atoms with Crippen LogP contribution in [0.25, 0.3) is 0 Å². The van der Waals surface area contributed by atoms with Gasteiger partial charge in [0, 0.05) is 25.7 Å². The molecular weight excluding hydrogens is 1190 g/mol. The summed E-state index contributed by atoms with van der Waals surface area (Å²) in [5.41, 5.74) is 0. The highest BCUT2D eigenvalue weighted by Gasteiger charge is 2.30. The van der Waals surface area contributed by atoms with Gasteiger partial charge in [-0.3, -0.25) is 37.3 Å². The third-order valence-corrected chi connectivity index (χ3v) is 18.6. The molecular formula is C71H138O17P2. The average Bonchev–Trinajstić information content (AvgIpc) is 3.21. The topological polar surface area (TPSA) is 237 Å². The summed E-state index contributed by atoms with van der Waals surface area (Å²) in [6.45, 7) is 14.0. The number of phosphoric ester groups is 2. The summed E-state index contributed by atoms with van der Waals surface area (Å²) in [6.07, 6.45) is 43.3. The first kappa shape index (κ1) is 88.1. The van der Waals surface area contributed by atoms with E-state index in [1.807, 2.05) is 0 Å². The van der Waals surface area contributed by atoms with E-state index < -0.39 is 97.5 Å². The van der Waals surface area contributed by atoms with Gasteiger partial charge in [-0.1, -0.05) is 299 Å². The molecule has 3 N–H and O–H groups in total. The number of hydrogen-bond acceptors (Lipinski definition) is 15. The Morgan fingerprint density at radius 1 is 0.311 bits per heavy atom. The first-order chi connectivity index (χ1) is 43.1. The van der Waals surface area contributed by atoms with E-state index in [2.05, 4.69) is 55.4 Å². The Hall–Kier alpha value is -1.94. The number of aliphatic hydroxyl groups excluding tert-OH is 1. The molecule has 19 heteroatoms. The van der Waals surface area contributed by atoms with Crippen LogP contribution in [0, 0.1) is 23.7 Å². The molecule has 0 bridgehead atoms. The molecule has 0 saturated carbocycles. The van der Waals surface area contributed by atoms with E-state index in [1.165, 1.54) is 141 Å². The van der Waals surface area contributed by atoms with E-state index >= 15 is 0 Å². The summed E-state index contributed by atoms with van der Waals surface area (Å²) < 4.78 is 68.2. The predicted octanol–water partition coefficient (Wildman–Crippen LogP) is 20.1. The second-order valence-electron chi connectivity index (χ2n) is 27.3. The minimum absolute atomic E-state index is 0.105. The van der Waals surface area contributed by atoms with Crippen LogP contribution in [0.5, 0.6) is 0 Å². The number of unbranched alkanes of at least 4 members (excludes halogenated alkanes) is 33. The van der Waals surface area contributed by atoms with Gasteiger partial charge in [0.05, 0.1) is 26.4 Å². The normalized spacial score (nSPS) is 14.6. The van der Waals surface area contributed by atoms with Crippen molar-refractivity contribution in [3.8, 4) is 0 Å². The lowest BCUT2D eigenvalue weighted by Crippen LogP contribution is -2.30. The highest BCUT2D eigenvalue weighted by atomic mass is 31.2. The van der Waals surface area contributed by atoms with Gasteiger partial charge in [-0.15, -0.1) is 0 Å². The quantitative estimate of drug-likeness (QED) is 0.0222. The van der Waals surface area contributed by atoms with Crippen LogP contribution in [0.3, 0.4) is 0 Å². The van der Waals surface area contributed by atoms with Crippen LogP contribution in [0.15, 0.2) is 0 Å². The van der Waals surface area contributed by atoms with E-state index in [9.17, 15) is 43.2 Å². The maximum absolute atomic E-state index is 13.0. The van der Waals surface area contributed by atoms with E-state index in [1.54, 1.807) is 0 Å². The lowest BCUT2D eigenvalue weighted by atomic mass is 9.99. The van der Waals surface area contributed by atoms with Gasteiger partial charge < -0.3 is 33.8 Å². The fourth-order valence-electron chi connectivity index (χ4n) is 10.6. The highest BCUT2D eigenvalue weighted by molar-refractivity contribution is 7.47. The lowest BCUT2D eigenvalue weighted by Gasteiger charge is -2.21. The van der Waals surface area contributed by atoms with E-state index in [0.29, 0.717) is 37.5 Å². The summed E-state index contributed by atoms with van der Waals surface area (Å²) in [7, 11) is -9.90. The van der Waals surface area contributed by atoms with Crippen LogP contribution < -0.4 is 0 Å². The van der Waals surface area contributed by atoms with Crippen LogP contribution in [0.4, 0.5) is 0 Å². The molecule has 0 rings (SSSR count). The van der Waals surface area contributed by atoms with Crippen molar-refractivity contribution in [3.63, 3.8) is 0 Å². The molecule has 0 spiro atoms. The standard InChI is InChI=1S/C71H138O17P2/c1-9-64(8)50-42-34-24-20-16-12-10-11-13-17-21-25-37-45-53-70(75)87-66(57-81-68(73)51-43-35-29-27-32-40-48-62(4)5)59-85-89(77,78)83-55-65(72)56-84-90(79,80)86-60-67(58-82-69(74)52-44-36-30-28-33-41-49-63(6)7)88-71(76)54-46-38-26-22-18-14-15-19-23-31-39-47-61(2)3/h61-67,72H,9-60H2,1-8H3,(H,77,78)(H,79,80)/t64?,65-,66-,67-/m1/s1. The Labute approximate surface area is 549 Å². The van der Waals surface area contributed by atoms with Gasteiger partial charge in [0.15, 0.2) is 12.2 Å². The summed E-state index contributed by atoms with van der Waals surface area (Å²) in [5.74, 6) is 0.838. The Balaban J connectivity index is 5.20. The molecule has 0 aliphatic heterocycles. The Bertz CT molecular complexity index is 1780. The molecule has 0 amide bonds. The molecule has 3 unspecified atom stereocenters. The Morgan fingerprint density at radius 3 is 0.789 bits per heavy atom. The van der Waals surface area contributed by atoms with Crippen molar-refractivity contribution in [2.75, 3.05) is 39.6 Å². The van der Waals surface area contributed by atoms with Crippen molar-refractivity contribution in [1.82, 2.24) is 0 Å². The monoisotopic (exact) mass is 1320 g/mol. The first-order valence-corrected chi connectivity index (χ1v) is 39.7. The van der Waals surface area contributed by atoms with Gasteiger partial charge in [0.1, 0.15) is 19.3 Å². The van der Waals surface area contributed by atoms with Gasteiger partial charge in [0.25, 0.3) is 0 Å². The smallest absolute Gasteiger partial charge is 0.462 e. The number of carbonyl (C=O) groups is 4. The third kappa shape index (κ3) is 63.5. The van der Waals surface area contributed by atoms with Crippen molar-refractivity contribution in [2.24, 2.45) is 23.7 Å². The van der Waals surface area contributed by atoms with Gasteiger partial charge in [-0.2, -0.15) is 0 Å². The van der Waals surface area contributed by atoms with Gasteiger partial charge in [0.2, 0.25) is 0 Å². The Kier molecular flexibility index (Phi) is 59.4. The van der Waals surface area contributed by atoms with Gasteiger partial charge in [-0.05, 0) is 49.4 Å². The number of ether oxygens (including phenoxy) is 4. The summed E-state index contributed by atoms with van der Waals surface area (Å²) >= 11 is 0. The maximum atomic E-state index is 13.0. The van der Waals surface area contributed by atoms with E-state index in [-0.39, 0.29) is 25.7 Å². The number of esters is 4. The van der Waals surface area contributed by atoms with Gasteiger partial charge >= 0.3 is 39.5 Å². The number of aliphatic hydroxyl groups is 1. The zero-order valence-electron chi connectivity index (χ0n) is 58.8. The molecule has 534 valence electrons. The van der Waals surface area contributed by atoms with Crippen molar-refractivity contribution in [2.45, 2.75) is 369 Å². The van der Waals surface area contributed by atoms with Crippen LogP contribution in [-0.4, -0.2) is 96.7 Å². The first-order valence-electron chi connectivity index (χ1n) is 36.7. The molecule has 6 atom stereocenters. The second kappa shape index (κ2) is 60.7. The molecule has 0 aromatic rings. The highest BCUT2D eigenvalue weighted by Crippen LogP contribution is 2.45. The van der Waals surface area contributed by atoms with Crippen molar-refractivity contribution in [1.29, 1.82) is 0 Å². The molecule has 17 nitrogen and oxygen atoms in total. The number of carbonyl (C=O) groups excluding carboxylic acids is 4. The predicted molar refractivity (Wildman–Crippen MR) is 363 cm³/mol. The zero-order valence-corrected chi connectivity index (χ0v) is 60.6. The molecule has 0 saturated heterocycles. The lowest BCUT2D eigenvalue weighted by molar-refractivity contribution is -0.161. The summed E-state index contributed by atoms with van der Waals surface area (Å²) in [6, 6.07) is 0. The summed E-state index contributed by atoms with van der Waals surface area (Å²) in [4.78, 5) is 72.5. The third-order valence-electron chi connectivity index (χ3n) is 16.7. The van der Waals surface area contributed by atoms with Crippen LogP contribution >= 0.6 is 15.6 Å². The molecule has 0 aliphatic rings. The number of hydrogen-bond donors (Lipinski definition) is 3. The molecule has 0 aromatic heterocycles. The van der Waals surface area contributed by atoms with Crippen LogP contribution in [-0.2, 0) is 65.4 Å². The fourth-order valence-corrected chi connectivity index (χ4v) is 12.2. The molecule has 0 radical (unpaired) electrons. The van der Waals surface area contributed by atoms with Crippen molar-refractivity contribution < 1.29 is 80.2 Å². The molecule has 0 aromatic carbocycles. The van der Waals surface area contributed by atoms with Crippen molar-refractivity contribution in [3.05, 3.63) is 0 Å². The minimum atomic E-state index is -4.95. The molecule has 0 fully saturated rings. The zero-order chi connectivity index (χ0) is 66.8. The van der Waals surface area contributed by atoms with E-state index in [0.717, 1.165) is 115 Å². The minimum Gasteiger partial charge on any atom is -0.462 e. The molecule has 0 heterocycles. The SMILES string of the molecule is CCC(C)CCCCCCCCCCCCCCCCC(=O)O[C@H](COC(=O)CCCCCCCCC(C)C)COP(=O)(O)OC[C@@H](O)COP(=O)(O)OC[C@@H](COC(=O)CCCCCCCCC(C)C)OC(=O)CCCCCCCCCCCCCC(C)C.